The Morgan fingerprint density at radius 1 is 1.00 bits per heavy atom. The molecule has 2 N–H and O–H groups in total. The van der Waals surface area contributed by atoms with Crippen molar-refractivity contribution < 1.29 is 0 Å². The molecule has 0 aliphatic rings. The minimum absolute atomic E-state index is 0.120. The second-order valence-electron chi connectivity index (χ2n) is 4.77. The van der Waals surface area contributed by atoms with Crippen LogP contribution in [0.2, 0.25) is 0 Å². The van der Waals surface area contributed by atoms with E-state index in [2.05, 4.69) is 24.3 Å². The summed E-state index contributed by atoms with van der Waals surface area (Å²) in [5.41, 5.74) is 6.93. The average molecular weight is 288 g/mol. The van der Waals surface area contributed by atoms with Crippen LogP contribution in [0.4, 0.5) is 0 Å². The lowest BCUT2D eigenvalue weighted by atomic mass is 9.95. The largest absolute Gasteiger partial charge is 0.389 e. The van der Waals surface area contributed by atoms with Gasteiger partial charge in [-0.05, 0) is 39.3 Å². The van der Waals surface area contributed by atoms with E-state index in [9.17, 15) is 5.26 Å². The van der Waals surface area contributed by atoms with Gasteiger partial charge >= 0.3 is 0 Å². The lowest BCUT2D eigenvalue weighted by molar-refractivity contribution is 1.52. The molecule has 3 heteroatoms. The molecule has 0 aliphatic carbocycles. The molecule has 0 spiro atoms. The molecule has 0 unspecified atom stereocenters. The number of rotatable bonds is 2. The second kappa shape index (κ2) is 5.35. The molecular weight excluding hydrogens is 276 g/mol. The van der Waals surface area contributed by atoms with E-state index in [1.54, 1.807) is 6.08 Å². The lowest BCUT2D eigenvalue weighted by Crippen LogP contribution is -2.09. The normalized spacial score (nSPS) is 11.5. The van der Waals surface area contributed by atoms with Gasteiger partial charge in [-0.2, -0.15) is 5.26 Å². The summed E-state index contributed by atoms with van der Waals surface area (Å²) in [6.07, 6.45) is 1.78. The molecule has 0 heterocycles. The topological polar surface area (TPSA) is 49.8 Å². The van der Waals surface area contributed by atoms with Crippen LogP contribution in [0.15, 0.2) is 60.2 Å². The van der Waals surface area contributed by atoms with Crippen molar-refractivity contribution in [3.63, 3.8) is 0 Å². The Kier molecular flexibility index (Phi) is 3.39. The summed E-state index contributed by atoms with van der Waals surface area (Å²) in [5.74, 6) is 0. The second-order valence-corrected chi connectivity index (χ2v) is 5.21. The maximum Gasteiger partial charge on any atom is 0.114 e. The first-order valence-electron chi connectivity index (χ1n) is 6.53. The lowest BCUT2D eigenvalue weighted by Gasteiger charge is -2.09. The van der Waals surface area contributed by atoms with E-state index in [-0.39, 0.29) is 4.99 Å². The maximum atomic E-state index is 9.22. The zero-order valence-electron chi connectivity index (χ0n) is 11.2. The smallest absolute Gasteiger partial charge is 0.114 e. The van der Waals surface area contributed by atoms with Crippen molar-refractivity contribution in [2.24, 2.45) is 5.73 Å². The quantitative estimate of drug-likeness (QED) is 0.333. The summed E-state index contributed by atoms with van der Waals surface area (Å²) >= 11 is 4.95. The van der Waals surface area contributed by atoms with E-state index in [0.29, 0.717) is 5.57 Å². The zero-order chi connectivity index (χ0) is 14.8. The number of nitrogens with zero attached hydrogens (tertiary/aromatic N) is 1. The van der Waals surface area contributed by atoms with Crippen molar-refractivity contribution >= 4 is 44.8 Å². The van der Waals surface area contributed by atoms with Crippen molar-refractivity contribution in [1.29, 1.82) is 5.26 Å². The predicted molar refractivity (Wildman–Crippen MR) is 91.8 cm³/mol. The number of nitriles is 1. The Bertz CT molecular complexity index is 879. The van der Waals surface area contributed by atoms with Crippen LogP contribution >= 0.6 is 12.2 Å². The molecular formula is C18H12N2S. The molecule has 0 aliphatic heterocycles. The van der Waals surface area contributed by atoms with Gasteiger partial charge in [0.25, 0.3) is 0 Å². The molecule has 2 nitrogen and oxygen atoms in total. The van der Waals surface area contributed by atoms with Crippen molar-refractivity contribution in [3.05, 3.63) is 65.7 Å². The maximum absolute atomic E-state index is 9.22. The first-order valence-corrected chi connectivity index (χ1v) is 6.93. The molecule has 0 fully saturated rings. The first-order chi connectivity index (χ1) is 10.2. The van der Waals surface area contributed by atoms with Gasteiger partial charge in [-0.15, -0.1) is 0 Å². The summed E-state index contributed by atoms with van der Waals surface area (Å²) in [4.78, 5) is 0.120. The van der Waals surface area contributed by atoms with Crippen LogP contribution < -0.4 is 5.73 Å². The SMILES string of the molecule is N#C/C(=C\c1c2ccccc2cc2ccccc12)C(N)=S. The van der Waals surface area contributed by atoms with Gasteiger partial charge in [0.15, 0.2) is 0 Å². The summed E-state index contributed by atoms with van der Waals surface area (Å²) in [6.45, 7) is 0. The van der Waals surface area contributed by atoms with E-state index in [4.69, 9.17) is 18.0 Å². The summed E-state index contributed by atoms with van der Waals surface area (Å²) in [5, 5.41) is 13.6. The van der Waals surface area contributed by atoms with Gasteiger partial charge in [0.1, 0.15) is 11.1 Å². The van der Waals surface area contributed by atoms with Crippen LogP contribution in [0.3, 0.4) is 0 Å². The molecule has 0 radical (unpaired) electrons. The summed E-state index contributed by atoms with van der Waals surface area (Å²) < 4.78 is 0. The number of benzene rings is 3. The molecule has 3 aromatic carbocycles. The molecule has 0 bridgehead atoms. The number of hydrogen-bond acceptors (Lipinski definition) is 2. The Morgan fingerprint density at radius 2 is 1.52 bits per heavy atom. The van der Waals surface area contributed by atoms with Crippen LogP contribution in [0.5, 0.6) is 0 Å². The molecule has 0 amide bonds. The highest BCUT2D eigenvalue weighted by atomic mass is 32.1. The number of thiocarbonyl (C=S) groups is 1. The van der Waals surface area contributed by atoms with Crippen molar-refractivity contribution in [2.75, 3.05) is 0 Å². The summed E-state index contributed by atoms with van der Waals surface area (Å²) in [6, 6.07) is 20.4. The van der Waals surface area contributed by atoms with Crippen LogP contribution in [0.1, 0.15) is 5.56 Å². The highest BCUT2D eigenvalue weighted by Crippen LogP contribution is 2.30. The summed E-state index contributed by atoms with van der Waals surface area (Å²) in [7, 11) is 0. The van der Waals surface area contributed by atoms with Gasteiger partial charge in [0.05, 0.1) is 5.57 Å². The Morgan fingerprint density at radius 3 is 2.00 bits per heavy atom. The monoisotopic (exact) mass is 288 g/mol. The van der Waals surface area contributed by atoms with Crippen molar-refractivity contribution in [1.82, 2.24) is 0 Å². The van der Waals surface area contributed by atoms with Crippen LogP contribution in [0, 0.1) is 11.3 Å². The Labute approximate surface area is 128 Å². The molecule has 0 atom stereocenters. The van der Waals surface area contributed by atoms with Gasteiger partial charge in [0, 0.05) is 0 Å². The third kappa shape index (κ3) is 2.37. The Hall–Kier alpha value is -2.70. The standard InChI is InChI=1S/C18H12N2S/c19-11-14(18(20)21)10-17-15-7-3-1-5-12(15)9-13-6-2-4-8-16(13)17/h1-10H,(H2,20,21)/b14-10+. The molecule has 100 valence electrons. The van der Waals surface area contributed by atoms with E-state index in [0.717, 1.165) is 27.1 Å². The third-order valence-corrected chi connectivity index (χ3v) is 3.71. The molecule has 3 rings (SSSR count). The van der Waals surface area contributed by atoms with Gasteiger partial charge in [-0.3, -0.25) is 0 Å². The minimum atomic E-state index is 0.120. The molecule has 0 saturated carbocycles. The van der Waals surface area contributed by atoms with Gasteiger partial charge in [-0.25, -0.2) is 0 Å². The van der Waals surface area contributed by atoms with E-state index >= 15 is 0 Å². The fourth-order valence-electron chi connectivity index (χ4n) is 2.51. The van der Waals surface area contributed by atoms with Gasteiger partial charge in [-0.1, -0.05) is 60.7 Å². The fourth-order valence-corrected chi connectivity index (χ4v) is 2.61. The molecule has 21 heavy (non-hydrogen) atoms. The minimum Gasteiger partial charge on any atom is -0.389 e. The number of nitrogens with two attached hydrogens (primary N) is 1. The first kappa shape index (κ1) is 13.3. The molecule has 0 aromatic heterocycles. The van der Waals surface area contributed by atoms with E-state index < -0.39 is 0 Å². The average Bonchev–Trinajstić information content (AvgIpc) is 2.51. The molecule has 3 aromatic rings. The van der Waals surface area contributed by atoms with Crippen molar-refractivity contribution in [3.8, 4) is 6.07 Å². The van der Waals surface area contributed by atoms with Gasteiger partial charge < -0.3 is 5.73 Å². The van der Waals surface area contributed by atoms with Crippen LogP contribution in [-0.4, -0.2) is 4.99 Å². The highest BCUT2D eigenvalue weighted by molar-refractivity contribution is 7.80. The van der Waals surface area contributed by atoms with Crippen molar-refractivity contribution in [2.45, 2.75) is 0 Å². The van der Waals surface area contributed by atoms with E-state index in [1.165, 1.54) is 0 Å². The fraction of sp³-hybridized carbons (Fsp3) is 0. The number of hydrogen-bond donors (Lipinski definition) is 1. The van der Waals surface area contributed by atoms with Gasteiger partial charge in [0.2, 0.25) is 0 Å². The molecule has 0 saturated heterocycles. The number of fused-ring (bicyclic) bond motifs is 2. The predicted octanol–water partition coefficient (Wildman–Crippen LogP) is 4.19. The van der Waals surface area contributed by atoms with E-state index in [1.807, 2.05) is 36.4 Å². The Balaban J connectivity index is 2.47. The zero-order valence-corrected chi connectivity index (χ0v) is 12.0. The third-order valence-electron chi connectivity index (χ3n) is 3.49. The van der Waals surface area contributed by atoms with Crippen LogP contribution in [0.25, 0.3) is 27.6 Å². The highest BCUT2D eigenvalue weighted by Gasteiger charge is 2.07. The van der Waals surface area contributed by atoms with Crippen LogP contribution in [-0.2, 0) is 0 Å².